The number of nitrogens with two attached hydrogens (primary N) is 1. The van der Waals surface area contributed by atoms with Crippen molar-refractivity contribution in [3.63, 3.8) is 0 Å². The Morgan fingerprint density at radius 1 is 1.40 bits per heavy atom. The van der Waals surface area contributed by atoms with E-state index in [9.17, 15) is 4.79 Å². The zero-order valence-electron chi connectivity index (χ0n) is 10.1. The van der Waals surface area contributed by atoms with E-state index < -0.39 is 0 Å². The van der Waals surface area contributed by atoms with Crippen LogP contribution in [-0.2, 0) is 9.53 Å². The van der Waals surface area contributed by atoms with E-state index in [4.69, 9.17) is 5.73 Å². The molecule has 1 rings (SSSR count). The summed E-state index contributed by atoms with van der Waals surface area (Å²) in [5.41, 5.74) is 5.35. The molecule has 0 radical (unpaired) electrons. The normalized spacial score (nSPS) is 22.0. The second-order valence-electron chi connectivity index (χ2n) is 4.79. The maximum Gasteiger partial charge on any atom is 0.293 e. The van der Waals surface area contributed by atoms with Crippen LogP contribution in [0.4, 0.5) is 0 Å². The minimum absolute atomic E-state index is 0.318. The highest BCUT2D eigenvalue weighted by Gasteiger charge is 2.07. The fraction of sp³-hybridized carbons (Fsp3) is 0.909. The van der Waals surface area contributed by atoms with Gasteiger partial charge < -0.3 is 15.8 Å². The Hall–Kier alpha value is -0.610. The van der Waals surface area contributed by atoms with Crippen molar-refractivity contribution in [2.24, 2.45) is 5.73 Å². The summed E-state index contributed by atoms with van der Waals surface area (Å²) < 4.78 is 4.55. The molecular weight excluding hydrogens is 192 g/mol. The summed E-state index contributed by atoms with van der Waals surface area (Å²) in [6, 6.07) is 0.414. The first-order chi connectivity index (χ1) is 6.95. The van der Waals surface area contributed by atoms with Gasteiger partial charge in [-0.25, -0.2) is 0 Å². The highest BCUT2D eigenvalue weighted by molar-refractivity contribution is 5.37. The molecule has 0 spiro atoms. The van der Waals surface area contributed by atoms with Gasteiger partial charge in [-0.05, 0) is 40.2 Å². The zero-order valence-corrected chi connectivity index (χ0v) is 10.1. The third-order valence-electron chi connectivity index (χ3n) is 1.99. The average Bonchev–Trinajstić information content (AvgIpc) is 2.31. The lowest BCUT2D eigenvalue weighted by molar-refractivity contribution is -0.138. The number of hydrogen-bond acceptors (Lipinski definition) is 4. The van der Waals surface area contributed by atoms with E-state index in [-0.39, 0.29) is 5.60 Å². The topological polar surface area (TPSA) is 64.3 Å². The molecule has 0 aromatic rings. The van der Waals surface area contributed by atoms with Crippen molar-refractivity contribution in [1.29, 1.82) is 0 Å². The fourth-order valence-corrected chi connectivity index (χ4v) is 1.19. The van der Waals surface area contributed by atoms with Crippen molar-refractivity contribution in [2.45, 2.75) is 51.7 Å². The van der Waals surface area contributed by atoms with E-state index in [0.717, 1.165) is 13.1 Å². The molecular formula is C11H24N2O2. The predicted molar refractivity (Wildman–Crippen MR) is 61.6 cm³/mol. The summed E-state index contributed by atoms with van der Waals surface area (Å²) in [6.45, 7) is 8.10. The Bertz CT molecular complexity index is 158. The molecule has 1 aliphatic rings. The number of carbonyl (C=O) groups excluding carboxylic acids is 1. The molecule has 3 N–H and O–H groups in total. The lowest BCUT2D eigenvalue weighted by Gasteiger charge is -2.14. The van der Waals surface area contributed by atoms with Crippen LogP contribution >= 0.6 is 0 Å². The van der Waals surface area contributed by atoms with Crippen molar-refractivity contribution in [1.82, 2.24) is 5.32 Å². The molecule has 0 bridgehead atoms. The first-order valence-corrected chi connectivity index (χ1v) is 5.53. The molecule has 4 nitrogen and oxygen atoms in total. The van der Waals surface area contributed by atoms with Gasteiger partial charge in [0.05, 0.1) is 0 Å². The molecule has 1 atom stereocenters. The average molecular weight is 216 g/mol. The highest BCUT2D eigenvalue weighted by atomic mass is 16.5. The van der Waals surface area contributed by atoms with Crippen LogP contribution < -0.4 is 11.1 Å². The molecule has 4 heteroatoms. The zero-order chi connectivity index (χ0) is 11.7. The Morgan fingerprint density at radius 3 is 2.53 bits per heavy atom. The van der Waals surface area contributed by atoms with Crippen molar-refractivity contribution >= 4 is 6.47 Å². The molecule has 1 fully saturated rings. The van der Waals surface area contributed by atoms with E-state index in [1.165, 1.54) is 19.3 Å². The number of hydrogen-bond donors (Lipinski definition) is 2. The van der Waals surface area contributed by atoms with Gasteiger partial charge in [0, 0.05) is 12.6 Å². The van der Waals surface area contributed by atoms with Crippen LogP contribution in [-0.4, -0.2) is 31.2 Å². The number of carbonyl (C=O) groups is 1. The van der Waals surface area contributed by atoms with Crippen molar-refractivity contribution in [3.05, 3.63) is 0 Å². The smallest absolute Gasteiger partial charge is 0.293 e. The van der Waals surface area contributed by atoms with E-state index in [1.54, 1.807) is 0 Å². The Kier molecular flexibility index (Phi) is 7.34. The second kappa shape index (κ2) is 7.65. The number of rotatable bonds is 1. The van der Waals surface area contributed by atoms with Gasteiger partial charge in [0.25, 0.3) is 6.47 Å². The summed E-state index contributed by atoms with van der Waals surface area (Å²) in [5.74, 6) is 0. The first-order valence-electron chi connectivity index (χ1n) is 5.53. The highest BCUT2D eigenvalue weighted by Crippen LogP contribution is 2.02. The standard InChI is InChI=1S/C6H14N2.C5H10O2/c7-6-3-1-2-4-8-5-6;1-5(2,3)7-4-6/h6,8H,1-5,7H2;4H,1-3H3. The van der Waals surface area contributed by atoms with E-state index in [2.05, 4.69) is 10.1 Å². The lowest BCUT2D eigenvalue weighted by atomic mass is 10.2. The van der Waals surface area contributed by atoms with Gasteiger partial charge in [0.2, 0.25) is 0 Å². The molecule has 1 unspecified atom stereocenters. The molecule has 90 valence electrons. The van der Waals surface area contributed by atoms with Gasteiger partial charge in [-0.2, -0.15) is 0 Å². The third kappa shape index (κ3) is 11.3. The van der Waals surface area contributed by atoms with Crippen LogP contribution in [0.2, 0.25) is 0 Å². The molecule has 0 aliphatic carbocycles. The van der Waals surface area contributed by atoms with Crippen LogP contribution in [0.25, 0.3) is 0 Å². The van der Waals surface area contributed by atoms with Crippen LogP contribution in [0.5, 0.6) is 0 Å². The van der Waals surface area contributed by atoms with Gasteiger partial charge in [0.15, 0.2) is 0 Å². The predicted octanol–water partition coefficient (Wildman–Crippen LogP) is 1.05. The molecule has 0 aromatic carbocycles. The maximum atomic E-state index is 9.60. The Labute approximate surface area is 92.6 Å². The SMILES string of the molecule is CC(C)(C)OC=O.NC1CCCCNC1. The summed E-state index contributed by atoms with van der Waals surface area (Å²) in [5, 5.41) is 3.27. The fourth-order valence-electron chi connectivity index (χ4n) is 1.19. The largest absolute Gasteiger partial charge is 0.462 e. The van der Waals surface area contributed by atoms with Gasteiger partial charge in [-0.3, -0.25) is 4.79 Å². The Balaban J connectivity index is 0.000000265. The minimum atomic E-state index is -0.318. The molecule has 1 saturated heterocycles. The van der Waals surface area contributed by atoms with Crippen molar-refractivity contribution in [2.75, 3.05) is 13.1 Å². The minimum Gasteiger partial charge on any atom is -0.462 e. The van der Waals surface area contributed by atoms with Crippen LogP contribution in [0.1, 0.15) is 40.0 Å². The molecule has 0 amide bonds. The lowest BCUT2D eigenvalue weighted by Crippen LogP contribution is -2.31. The number of nitrogens with one attached hydrogen (secondary N) is 1. The molecule has 1 aliphatic heterocycles. The van der Waals surface area contributed by atoms with Crippen LogP contribution in [0.3, 0.4) is 0 Å². The van der Waals surface area contributed by atoms with Crippen LogP contribution in [0.15, 0.2) is 0 Å². The molecule has 0 saturated carbocycles. The van der Waals surface area contributed by atoms with Crippen LogP contribution in [0, 0.1) is 0 Å². The van der Waals surface area contributed by atoms with Gasteiger partial charge in [-0.15, -0.1) is 0 Å². The maximum absolute atomic E-state index is 9.60. The summed E-state index contributed by atoms with van der Waals surface area (Å²) in [6.07, 6.45) is 3.80. The second-order valence-corrected chi connectivity index (χ2v) is 4.79. The Morgan fingerprint density at radius 2 is 2.07 bits per heavy atom. The summed E-state index contributed by atoms with van der Waals surface area (Å²) in [4.78, 5) is 9.60. The van der Waals surface area contributed by atoms with Gasteiger partial charge in [-0.1, -0.05) is 6.42 Å². The number of ether oxygens (including phenoxy) is 1. The quantitative estimate of drug-likeness (QED) is 0.643. The first kappa shape index (κ1) is 14.4. The van der Waals surface area contributed by atoms with Gasteiger partial charge >= 0.3 is 0 Å². The molecule has 1 heterocycles. The summed E-state index contributed by atoms with van der Waals surface area (Å²) in [7, 11) is 0. The summed E-state index contributed by atoms with van der Waals surface area (Å²) >= 11 is 0. The van der Waals surface area contributed by atoms with Crippen molar-refractivity contribution < 1.29 is 9.53 Å². The van der Waals surface area contributed by atoms with E-state index in [0.29, 0.717) is 12.5 Å². The molecule has 15 heavy (non-hydrogen) atoms. The van der Waals surface area contributed by atoms with Gasteiger partial charge in [0.1, 0.15) is 5.60 Å². The van der Waals surface area contributed by atoms with E-state index in [1.807, 2.05) is 20.8 Å². The van der Waals surface area contributed by atoms with E-state index >= 15 is 0 Å². The monoisotopic (exact) mass is 216 g/mol. The van der Waals surface area contributed by atoms with Crippen molar-refractivity contribution in [3.8, 4) is 0 Å². The molecule has 0 aromatic heterocycles. The third-order valence-corrected chi connectivity index (χ3v) is 1.99.